The summed E-state index contributed by atoms with van der Waals surface area (Å²) in [5.41, 5.74) is 1.47. The van der Waals surface area contributed by atoms with Crippen molar-refractivity contribution in [3.63, 3.8) is 0 Å². The molecule has 1 N–H and O–H groups in total. The van der Waals surface area contributed by atoms with Gasteiger partial charge in [0.2, 0.25) is 5.91 Å². The minimum Gasteiger partial charge on any atom is -0.484 e. The summed E-state index contributed by atoms with van der Waals surface area (Å²) in [7, 11) is 0. The van der Waals surface area contributed by atoms with Gasteiger partial charge in [-0.05, 0) is 54.8 Å². The number of nitrogens with one attached hydrogen (secondary N) is 1. The summed E-state index contributed by atoms with van der Waals surface area (Å²) >= 11 is 13.0. The number of carbonyl (C=O) groups is 2. The van der Waals surface area contributed by atoms with Crippen molar-refractivity contribution in [1.82, 2.24) is 10.2 Å². The van der Waals surface area contributed by atoms with E-state index >= 15 is 0 Å². The molecule has 5 nitrogen and oxygen atoms in total. The van der Waals surface area contributed by atoms with E-state index in [9.17, 15) is 14.0 Å². The highest BCUT2D eigenvalue weighted by Crippen LogP contribution is 2.28. The third-order valence-electron chi connectivity index (χ3n) is 6.79. The number of hydrogen-bond donors (Lipinski definition) is 1. The Bertz CT molecular complexity index is 1200. The molecule has 2 amide bonds. The third kappa shape index (κ3) is 7.71. The summed E-state index contributed by atoms with van der Waals surface area (Å²) in [5, 5.41) is 4.00. The molecule has 3 aromatic carbocycles. The second-order valence-electron chi connectivity index (χ2n) is 9.51. The molecule has 8 heteroatoms. The van der Waals surface area contributed by atoms with E-state index < -0.39 is 17.8 Å². The lowest BCUT2D eigenvalue weighted by atomic mass is 9.94. The second kappa shape index (κ2) is 13.6. The first-order valence-electron chi connectivity index (χ1n) is 12.9. The number of hydrogen-bond acceptors (Lipinski definition) is 3. The molecule has 0 saturated heterocycles. The highest BCUT2D eigenvalue weighted by molar-refractivity contribution is 6.36. The Morgan fingerprint density at radius 1 is 0.921 bits per heavy atom. The van der Waals surface area contributed by atoms with Crippen LogP contribution in [0.25, 0.3) is 0 Å². The number of benzene rings is 3. The molecule has 0 aromatic heterocycles. The zero-order chi connectivity index (χ0) is 26.9. The standard InChI is InChI=1S/C30H31Cl2FN2O3/c31-26-12-7-13-27(32)25(26)19-35(29(36)20-38-24-16-14-22(33)15-17-24)28(18-21-8-3-1-4-9-21)30(37)34-23-10-5-2-6-11-23/h1,3-4,7-9,12-17,23,28H,2,5-6,10-11,18-20H2,(H,34,37)/t28-/m0/s1. The number of nitrogens with zero attached hydrogens (tertiary/aromatic N) is 1. The van der Waals surface area contributed by atoms with Gasteiger partial charge in [0, 0.05) is 34.6 Å². The lowest BCUT2D eigenvalue weighted by molar-refractivity contribution is -0.143. The smallest absolute Gasteiger partial charge is 0.261 e. The molecule has 0 aliphatic heterocycles. The van der Waals surface area contributed by atoms with E-state index in [1.54, 1.807) is 18.2 Å². The van der Waals surface area contributed by atoms with Crippen LogP contribution in [0, 0.1) is 5.82 Å². The zero-order valence-corrected chi connectivity index (χ0v) is 22.6. The zero-order valence-electron chi connectivity index (χ0n) is 21.0. The van der Waals surface area contributed by atoms with Crippen molar-refractivity contribution in [2.24, 2.45) is 0 Å². The van der Waals surface area contributed by atoms with Gasteiger partial charge in [0.15, 0.2) is 6.61 Å². The van der Waals surface area contributed by atoms with Crippen LogP contribution in [0.4, 0.5) is 4.39 Å². The van der Waals surface area contributed by atoms with E-state index in [1.165, 1.54) is 29.2 Å². The predicted molar refractivity (Wildman–Crippen MR) is 148 cm³/mol. The molecular weight excluding hydrogens is 526 g/mol. The van der Waals surface area contributed by atoms with Gasteiger partial charge in [0.25, 0.3) is 5.91 Å². The van der Waals surface area contributed by atoms with Crippen LogP contribution in [-0.2, 0) is 22.6 Å². The minimum atomic E-state index is -0.823. The summed E-state index contributed by atoms with van der Waals surface area (Å²) < 4.78 is 19.0. The topological polar surface area (TPSA) is 58.6 Å². The first-order chi connectivity index (χ1) is 18.4. The largest absolute Gasteiger partial charge is 0.484 e. The summed E-state index contributed by atoms with van der Waals surface area (Å²) in [6, 6.07) is 19.4. The predicted octanol–water partition coefficient (Wildman–Crippen LogP) is 6.60. The van der Waals surface area contributed by atoms with Gasteiger partial charge < -0.3 is 15.0 Å². The van der Waals surface area contributed by atoms with Gasteiger partial charge in [0.05, 0.1) is 0 Å². The molecule has 200 valence electrons. The first kappa shape index (κ1) is 27.9. The van der Waals surface area contributed by atoms with Crippen molar-refractivity contribution in [2.45, 2.75) is 57.2 Å². The Balaban J connectivity index is 1.64. The van der Waals surface area contributed by atoms with E-state index in [-0.39, 0.29) is 25.1 Å². The fourth-order valence-electron chi connectivity index (χ4n) is 4.71. The molecule has 1 fully saturated rings. The van der Waals surface area contributed by atoms with Crippen LogP contribution in [0.1, 0.15) is 43.2 Å². The van der Waals surface area contributed by atoms with Crippen molar-refractivity contribution >= 4 is 35.0 Å². The monoisotopic (exact) mass is 556 g/mol. The van der Waals surface area contributed by atoms with E-state index in [0.717, 1.165) is 37.7 Å². The molecule has 1 atom stereocenters. The highest BCUT2D eigenvalue weighted by atomic mass is 35.5. The quantitative estimate of drug-likeness (QED) is 0.306. The Labute approximate surface area is 232 Å². The van der Waals surface area contributed by atoms with Crippen LogP contribution < -0.4 is 10.1 Å². The van der Waals surface area contributed by atoms with Crippen LogP contribution in [-0.4, -0.2) is 35.4 Å². The number of ether oxygens (including phenoxy) is 1. The second-order valence-corrected chi connectivity index (χ2v) is 10.3. The molecule has 0 heterocycles. The van der Waals surface area contributed by atoms with Gasteiger partial charge >= 0.3 is 0 Å². The summed E-state index contributed by atoms with van der Waals surface area (Å²) in [6.07, 6.45) is 5.44. The van der Waals surface area contributed by atoms with Crippen LogP contribution >= 0.6 is 23.2 Å². The van der Waals surface area contributed by atoms with Crippen LogP contribution in [0.15, 0.2) is 72.8 Å². The summed E-state index contributed by atoms with van der Waals surface area (Å²) in [6.45, 7) is -0.310. The fourth-order valence-corrected chi connectivity index (χ4v) is 5.23. The minimum absolute atomic E-state index is 0.0275. The third-order valence-corrected chi connectivity index (χ3v) is 7.50. The summed E-state index contributed by atoms with van der Waals surface area (Å²) in [4.78, 5) is 29.0. The van der Waals surface area contributed by atoms with Crippen molar-refractivity contribution in [2.75, 3.05) is 6.61 Å². The molecule has 3 aromatic rings. The maximum Gasteiger partial charge on any atom is 0.261 e. The Kier molecular flexibility index (Phi) is 10.0. The fraction of sp³-hybridized carbons (Fsp3) is 0.333. The van der Waals surface area contributed by atoms with Gasteiger partial charge in [-0.25, -0.2) is 4.39 Å². The van der Waals surface area contributed by atoms with Gasteiger partial charge in [0.1, 0.15) is 17.6 Å². The van der Waals surface area contributed by atoms with Gasteiger partial charge in [-0.2, -0.15) is 0 Å². The molecule has 1 aliphatic rings. The van der Waals surface area contributed by atoms with Crippen molar-refractivity contribution in [1.29, 1.82) is 0 Å². The van der Waals surface area contributed by atoms with Crippen molar-refractivity contribution in [3.8, 4) is 5.75 Å². The highest BCUT2D eigenvalue weighted by Gasteiger charge is 2.33. The molecule has 1 saturated carbocycles. The molecule has 4 rings (SSSR count). The van der Waals surface area contributed by atoms with Crippen molar-refractivity contribution < 1.29 is 18.7 Å². The molecule has 0 bridgehead atoms. The van der Waals surface area contributed by atoms with E-state index in [2.05, 4.69) is 5.32 Å². The molecular formula is C30H31Cl2FN2O3. The molecule has 0 unspecified atom stereocenters. The maximum absolute atomic E-state index is 13.8. The van der Waals surface area contributed by atoms with Crippen LogP contribution in [0.2, 0.25) is 10.0 Å². The summed E-state index contributed by atoms with van der Waals surface area (Å²) in [5.74, 6) is -0.688. The van der Waals surface area contributed by atoms with Crippen LogP contribution in [0.5, 0.6) is 5.75 Å². The number of carbonyl (C=O) groups excluding carboxylic acids is 2. The Morgan fingerprint density at radius 2 is 1.58 bits per heavy atom. The van der Waals surface area contributed by atoms with E-state index in [0.29, 0.717) is 27.8 Å². The van der Waals surface area contributed by atoms with Gasteiger partial charge in [-0.1, -0.05) is 78.9 Å². The first-order valence-corrected chi connectivity index (χ1v) is 13.6. The van der Waals surface area contributed by atoms with Gasteiger partial charge in [-0.15, -0.1) is 0 Å². The lowest BCUT2D eigenvalue weighted by Crippen LogP contribution is -2.53. The normalized spacial score (nSPS) is 14.5. The number of halogens is 3. The molecule has 1 aliphatic carbocycles. The van der Waals surface area contributed by atoms with Gasteiger partial charge in [-0.3, -0.25) is 9.59 Å². The van der Waals surface area contributed by atoms with Crippen LogP contribution in [0.3, 0.4) is 0 Å². The SMILES string of the molecule is O=C(NC1CCCCC1)[C@H](Cc1ccccc1)N(Cc1c(Cl)cccc1Cl)C(=O)COc1ccc(F)cc1. The lowest BCUT2D eigenvalue weighted by Gasteiger charge is -2.33. The molecule has 0 spiro atoms. The Morgan fingerprint density at radius 3 is 2.24 bits per heavy atom. The number of amides is 2. The average Bonchev–Trinajstić information content (AvgIpc) is 2.92. The maximum atomic E-state index is 13.8. The average molecular weight is 557 g/mol. The number of rotatable bonds is 10. The Hall–Kier alpha value is -3.09. The van der Waals surface area contributed by atoms with E-state index in [1.807, 2.05) is 30.3 Å². The molecule has 0 radical (unpaired) electrons. The van der Waals surface area contributed by atoms with E-state index in [4.69, 9.17) is 27.9 Å². The van der Waals surface area contributed by atoms with Crippen molar-refractivity contribution in [3.05, 3.63) is 99.8 Å². The molecule has 38 heavy (non-hydrogen) atoms.